The fourth-order valence-electron chi connectivity index (χ4n) is 1.50. The number of rotatable bonds is 2. The Morgan fingerprint density at radius 1 is 1.18 bits per heavy atom. The third-order valence-corrected chi connectivity index (χ3v) is 5.71. The Kier molecular flexibility index (Phi) is 3.86. The van der Waals surface area contributed by atoms with Crippen LogP contribution in [0.5, 0.6) is 0 Å². The van der Waals surface area contributed by atoms with Gasteiger partial charge in [-0.2, -0.15) is 0 Å². The van der Waals surface area contributed by atoms with Crippen LogP contribution in [0.1, 0.15) is 41.1 Å². The van der Waals surface area contributed by atoms with Crippen LogP contribution in [0.3, 0.4) is 0 Å². The van der Waals surface area contributed by atoms with Gasteiger partial charge < -0.3 is 4.42 Å². The number of furan rings is 1. The molecule has 0 bridgehead atoms. The first-order chi connectivity index (χ1) is 7.88. The van der Waals surface area contributed by atoms with Crippen LogP contribution >= 0.6 is 43.2 Å². The van der Waals surface area contributed by atoms with E-state index in [1.165, 1.54) is 9.75 Å². The molecule has 17 heavy (non-hydrogen) atoms. The average Bonchev–Trinajstić information content (AvgIpc) is 2.83. The first-order valence-corrected chi connectivity index (χ1v) is 7.90. The molecule has 0 aromatic carbocycles. The van der Waals surface area contributed by atoms with Crippen LogP contribution in [-0.4, -0.2) is 0 Å². The van der Waals surface area contributed by atoms with E-state index in [1.807, 2.05) is 23.5 Å². The van der Waals surface area contributed by atoms with Crippen molar-refractivity contribution in [2.75, 3.05) is 0 Å². The van der Waals surface area contributed by atoms with E-state index in [0.29, 0.717) is 0 Å². The van der Waals surface area contributed by atoms with E-state index in [2.05, 4.69) is 64.8 Å². The van der Waals surface area contributed by atoms with Gasteiger partial charge in [-0.15, -0.1) is 11.3 Å². The second-order valence-electron chi connectivity index (χ2n) is 4.96. The predicted molar refractivity (Wildman–Crippen MR) is 80.2 cm³/mol. The molecule has 0 radical (unpaired) electrons. The van der Waals surface area contributed by atoms with E-state index in [9.17, 15) is 0 Å². The lowest BCUT2D eigenvalue weighted by Crippen LogP contribution is -2.07. The minimum absolute atomic E-state index is 0.134. The van der Waals surface area contributed by atoms with Gasteiger partial charge in [-0.25, -0.2) is 0 Å². The van der Waals surface area contributed by atoms with E-state index >= 15 is 0 Å². The number of alkyl halides is 1. The predicted octanol–water partition coefficient (Wildman–Crippen LogP) is 5.89. The minimum Gasteiger partial charge on any atom is -0.453 e. The first kappa shape index (κ1) is 13.4. The van der Waals surface area contributed by atoms with Crippen LogP contribution in [0.15, 0.2) is 33.4 Å². The molecule has 2 heterocycles. The molecular weight excluding hydrogens is 364 g/mol. The van der Waals surface area contributed by atoms with Crippen molar-refractivity contribution < 1.29 is 4.42 Å². The van der Waals surface area contributed by atoms with Crippen LogP contribution in [0.2, 0.25) is 0 Å². The molecule has 2 rings (SSSR count). The van der Waals surface area contributed by atoms with Gasteiger partial charge in [0.05, 0.1) is 0 Å². The van der Waals surface area contributed by atoms with Crippen LogP contribution < -0.4 is 0 Å². The van der Waals surface area contributed by atoms with Crippen molar-refractivity contribution in [1.82, 2.24) is 0 Å². The van der Waals surface area contributed by atoms with Gasteiger partial charge in [0.25, 0.3) is 0 Å². The summed E-state index contributed by atoms with van der Waals surface area (Å²) < 4.78 is 6.34. The van der Waals surface area contributed by atoms with Crippen molar-refractivity contribution in [1.29, 1.82) is 0 Å². The molecule has 0 saturated heterocycles. The second-order valence-corrected chi connectivity index (χ2v) is 7.77. The minimum atomic E-state index is 0.134. The van der Waals surface area contributed by atoms with Crippen LogP contribution in [0.25, 0.3) is 0 Å². The Morgan fingerprint density at radius 3 is 2.35 bits per heavy atom. The molecule has 2 aromatic heterocycles. The van der Waals surface area contributed by atoms with E-state index in [4.69, 9.17) is 4.42 Å². The van der Waals surface area contributed by atoms with Gasteiger partial charge >= 0.3 is 0 Å². The molecule has 0 N–H and O–H groups in total. The highest BCUT2D eigenvalue weighted by Gasteiger charge is 2.21. The zero-order valence-corrected chi connectivity index (χ0v) is 13.9. The lowest BCUT2D eigenvalue weighted by Gasteiger charge is -2.15. The first-order valence-electron chi connectivity index (χ1n) is 5.37. The molecule has 4 heteroatoms. The Hall–Kier alpha value is -0.0600. The quantitative estimate of drug-likeness (QED) is 0.595. The largest absolute Gasteiger partial charge is 0.453 e. The van der Waals surface area contributed by atoms with Crippen LogP contribution in [-0.2, 0) is 5.41 Å². The van der Waals surface area contributed by atoms with Crippen molar-refractivity contribution in [2.45, 2.75) is 31.0 Å². The fourth-order valence-corrected chi connectivity index (χ4v) is 3.55. The molecule has 0 spiro atoms. The smallest absolute Gasteiger partial charge is 0.169 e. The molecule has 0 fully saturated rings. The maximum Gasteiger partial charge on any atom is 0.169 e. The molecule has 0 aliphatic heterocycles. The van der Waals surface area contributed by atoms with E-state index in [-0.39, 0.29) is 10.2 Å². The van der Waals surface area contributed by atoms with Crippen LogP contribution in [0.4, 0.5) is 0 Å². The normalized spacial score (nSPS) is 13.9. The molecule has 0 aliphatic carbocycles. The van der Waals surface area contributed by atoms with E-state index in [1.54, 1.807) is 0 Å². The van der Waals surface area contributed by atoms with Crippen LogP contribution in [0, 0.1) is 0 Å². The Labute approximate surface area is 122 Å². The Morgan fingerprint density at radius 2 is 1.88 bits per heavy atom. The van der Waals surface area contributed by atoms with Crippen molar-refractivity contribution in [3.8, 4) is 0 Å². The molecule has 0 amide bonds. The van der Waals surface area contributed by atoms with Gasteiger partial charge in [0, 0.05) is 9.75 Å². The van der Waals surface area contributed by atoms with Gasteiger partial charge in [0.1, 0.15) is 10.6 Å². The fraction of sp³-hybridized carbons (Fsp3) is 0.385. The lowest BCUT2D eigenvalue weighted by molar-refractivity contribution is 0.498. The molecule has 0 saturated carbocycles. The highest BCUT2D eigenvalue weighted by Crippen LogP contribution is 2.39. The summed E-state index contributed by atoms with van der Waals surface area (Å²) in [7, 11) is 0. The topological polar surface area (TPSA) is 13.1 Å². The maximum atomic E-state index is 5.57. The second kappa shape index (κ2) is 4.90. The molecule has 2 aromatic rings. The number of thiophene rings is 1. The number of halogens is 2. The Bertz CT molecular complexity index is 507. The summed E-state index contributed by atoms with van der Waals surface area (Å²) >= 11 is 8.84. The molecule has 1 unspecified atom stereocenters. The lowest BCUT2D eigenvalue weighted by atomic mass is 9.95. The van der Waals surface area contributed by atoms with Gasteiger partial charge in [0.2, 0.25) is 0 Å². The summed E-state index contributed by atoms with van der Waals surface area (Å²) in [4.78, 5) is 2.80. The molecular formula is C13H14Br2OS. The number of hydrogen-bond donors (Lipinski definition) is 0. The third kappa shape index (κ3) is 3.04. The summed E-state index contributed by atoms with van der Waals surface area (Å²) in [6.45, 7) is 6.69. The zero-order valence-electron chi connectivity index (χ0n) is 9.96. The molecule has 92 valence electrons. The summed E-state index contributed by atoms with van der Waals surface area (Å²) in [5.74, 6) is 0.930. The van der Waals surface area contributed by atoms with E-state index in [0.717, 1.165) is 10.4 Å². The van der Waals surface area contributed by atoms with Gasteiger partial charge in [0.15, 0.2) is 4.67 Å². The highest BCUT2D eigenvalue weighted by molar-refractivity contribution is 9.10. The Balaban J connectivity index is 2.26. The van der Waals surface area contributed by atoms with E-state index < -0.39 is 0 Å². The third-order valence-electron chi connectivity index (χ3n) is 2.46. The van der Waals surface area contributed by atoms with Gasteiger partial charge in [-0.1, -0.05) is 36.7 Å². The standard InChI is InChI=1S/C13H14Br2OS/c1-13(2,3)10-6-5-9(17-10)12(15)8-4-7-11(14)16-8/h4-7,12H,1-3H3. The summed E-state index contributed by atoms with van der Waals surface area (Å²) in [5, 5.41) is 0. The molecule has 0 aliphatic rings. The monoisotopic (exact) mass is 376 g/mol. The van der Waals surface area contributed by atoms with Gasteiger partial charge in [-0.3, -0.25) is 0 Å². The summed E-state index contributed by atoms with van der Waals surface area (Å²) in [6, 6.07) is 8.27. The maximum absolute atomic E-state index is 5.57. The SMILES string of the molecule is CC(C)(C)c1ccc(C(Br)c2ccc(Br)o2)s1. The van der Waals surface area contributed by atoms with Gasteiger partial charge in [-0.05, 0) is 45.6 Å². The summed E-state index contributed by atoms with van der Waals surface area (Å²) in [6.07, 6.45) is 0. The van der Waals surface area contributed by atoms with Crippen molar-refractivity contribution >= 4 is 43.2 Å². The molecule has 1 nitrogen and oxygen atoms in total. The number of hydrogen-bond acceptors (Lipinski definition) is 2. The average molecular weight is 378 g/mol. The zero-order chi connectivity index (χ0) is 12.6. The van der Waals surface area contributed by atoms with Crippen molar-refractivity contribution in [3.63, 3.8) is 0 Å². The summed E-state index contributed by atoms with van der Waals surface area (Å²) in [5.41, 5.74) is 0.208. The highest BCUT2D eigenvalue weighted by atomic mass is 79.9. The molecule has 1 atom stereocenters. The van der Waals surface area contributed by atoms with Crippen molar-refractivity contribution in [2.24, 2.45) is 0 Å². The van der Waals surface area contributed by atoms with Crippen molar-refractivity contribution in [3.05, 3.63) is 44.4 Å².